The molecule has 1 aromatic heterocycles. The molecule has 3 amide bonds. The van der Waals surface area contributed by atoms with Crippen molar-refractivity contribution in [3.8, 4) is 6.07 Å². The Morgan fingerprint density at radius 2 is 1.92 bits per heavy atom. The topological polar surface area (TPSA) is 109 Å². The summed E-state index contributed by atoms with van der Waals surface area (Å²) in [5.41, 5.74) is -0.461. The van der Waals surface area contributed by atoms with E-state index >= 15 is 0 Å². The zero-order valence-corrected chi connectivity index (χ0v) is 21.5. The number of likely N-dealkylation sites (tertiary alicyclic amines) is 1. The Morgan fingerprint density at radius 3 is 2.62 bits per heavy atom. The first-order chi connectivity index (χ1) is 18.5. The molecule has 2 aromatic carbocycles. The second kappa shape index (κ2) is 9.45. The van der Waals surface area contributed by atoms with Gasteiger partial charge in [-0.25, -0.2) is 13.2 Å². The van der Waals surface area contributed by atoms with Crippen molar-refractivity contribution in [1.82, 2.24) is 14.8 Å². The molecule has 2 aliphatic rings. The van der Waals surface area contributed by atoms with E-state index in [2.05, 4.69) is 16.4 Å². The van der Waals surface area contributed by atoms with E-state index in [0.29, 0.717) is 17.3 Å². The highest BCUT2D eigenvalue weighted by molar-refractivity contribution is 6.07. The normalized spacial score (nSPS) is 20.8. The maximum Gasteiger partial charge on any atom is 0.270 e. The van der Waals surface area contributed by atoms with Crippen LogP contribution in [0, 0.1) is 34.7 Å². The van der Waals surface area contributed by atoms with Crippen LogP contribution in [0.15, 0.2) is 36.4 Å². The van der Waals surface area contributed by atoms with Crippen LogP contribution in [0.3, 0.4) is 0 Å². The lowest BCUT2D eigenvalue weighted by Gasteiger charge is -2.33. The zero-order chi connectivity index (χ0) is 28.2. The Kier molecular flexibility index (Phi) is 6.37. The second-order valence-corrected chi connectivity index (χ2v) is 10.6. The first kappa shape index (κ1) is 26.3. The molecule has 0 saturated carbocycles. The lowest BCUT2D eigenvalue weighted by molar-refractivity contribution is -0.136. The van der Waals surface area contributed by atoms with Gasteiger partial charge in [0.25, 0.3) is 5.91 Å². The van der Waals surface area contributed by atoms with Gasteiger partial charge in [-0.3, -0.25) is 14.4 Å². The summed E-state index contributed by atoms with van der Waals surface area (Å²) in [7, 11) is 1.39. The molecule has 3 atom stereocenters. The van der Waals surface area contributed by atoms with E-state index in [-0.39, 0.29) is 42.3 Å². The zero-order valence-electron chi connectivity index (χ0n) is 21.5. The second-order valence-electron chi connectivity index (χ2n) is 10.6. The fourth-order valence-electron chi connectivity index (χ4n) is 5.68. The Bertz CT molecular complexity index is 1560. The highest BCUT2D eigenvalue weighted by Gasteiger charge is 2.56. The van der Waals surface area contributed by atoms with E-state index in [0.717, 1.165) is 11.0 Å². The van der Waals surface area contributed by atoms with Gasteiger partial charge < -0.3 is 20.1 Å². The molecule has 1 saturated heterocycles. The molecule has 0 bridgehead atoms. The van der Waals surface area contributed by atoms with Crippen molar-refractivity contribution in [2.45, 2.75) is 44.2 Å². The number of likely N-dealkylation sites (N-methyl/N-ethyl adjacent to an activating group) is 1. The third kappa shape index (κ3) is 4.11. The number of hydrogen-bond acceptors (Lipinski definition) is 4. The van der Waals surface area contributed by atoms with Gasteiger partial charge in [0.2, 0.25) is 11.8 Å². The number of para-hydroxylation sites is 1. The molecule has 39 heavy (non-hydrogen) atoms. The third-order valence-electron chi connectivity index (χ3n) is 7.67. The first-order valence-corrected chi connectivity index (χ1v) is 12.5. The van der Waals surface area contributed by atoms with Crippen LogP contribution in [0.5, 0.6) is 0 Å². The Morgan fingerprint density at radius 1 is 1.21 bits per heavy atom. The molecule has 0 radical (unpaired) electrons. The number of aromatic amines is 1. The maximum atomic E-state index is 14.3. The molecular formula is C28H26F3N5O3. The number of benzene rings is 2. The maximum absolute atomic E-state index is 14.3. The minimum absolute atomic E-state index is 0.0361. The van der Waals surface area contributed by atoms with Crippen molar-refractivity contribution in [1.29, 1.82) is 5.26 Å². The summed E-state index contributed by atoms with van der Waals surface area (Å²) >= 11 is 0. The number of halogens is 3. The number of hydrogen-bond donors (Lipinski definition) is 2. The van der Waals surface area contributed by atoms with Gasteiger partial charge in [-0.2, -0.15) is 5.26 Å². The van der Waals surface area contributed by atoms with Crippen molar-refractivity contribution in [2.24, 2.45) is 5.92 Å². The third-order valence-corrected chi connectivity index (χ3v) is 7.67. The van der Waals surface area contributed by atoms with Crippen LogP contribution in [0.2, 0.25) is 0 Å². The van der Waals surface area contributed by atoms with Gasteiger partial charge in [-0.15, -0.1) is 0 Å². The Hall–Kier alpha value is -4.33. The van der Waals surface area contributed by atoms with E-state index in [1.165, 1.54) is 11.9 Å². The van der Waals surface area contributed by atoms with Crippen LogP contribution in [0.4, 0.5) is 18.9 Å². The van der Waals surface area contributed by atoms with E-state index in [9.17, 15) is 32.8 Å². The van der Waals surface area contributed by atoms with Crippen molar-refractivity contribution in [3.63, 3.8) is 0 Å². The Labute approximate surface area is 222 Å². The number of amides is 3. The van der Waals surface area contributed by atoms with Crippen LogP contribution >= 0.6 is 0 Å². The van der Waals surface area contributed by atoms with Crippen molar-refractivity contribution in [2.75, 3.05) is 18.9 Å². The Balaban J connectivity index is 1.48. The highest BCUT2D eigenvalue weighted by atomic mass is 19.2. The average Bonchev–Trinajstić information content (AvgIpc) is 3.60. The van der Waals surface area contributed by atoms with Gasteiger partial charge in [0.15, 0.2) is 11.6 Å². The minimum Gasteiger partial charge on any atom is -0.348 e. The van der Waals surface area contributed by atoms with Gasteiger partial charge in [0.05, 0.1) is 17.0 Å². The largest absolute Gasteiger partial charge is 0.348 e. The van der Waals surface area contributed by atoms with Crippen LogP contribution in [-0.2, 0) is 15.0 Å². The van der Waals surface area contributed by atoms with E-state index < -0.39 is 52.3 Å². The number of fused-ring (bicyclic) bond motifs is 3. The van der Waals surface area contributed by atoms with Gasteiger partial charge in [-0.1, -0.05) is 32.0 Å². The average molecular weight is 538 g/mol. The summed E-state index contributed by atoms with van der Waals surface area (Å²) in [6, 6.07) is 8.80. The standard InChI is InChI=1S/C28H26F3N5O3/c1-14(2)8-22(35(3)25(37)21-9-16-18(29)10-19(30)23(31)24(16)33-21)26(38)36-13-28(11-15(36)12-32)17-6-4-5-7-20(17)34-27(28)39/h4-7,9-10,14-15,22,33H,8,11,13H2,1-3H3,(H,34,39)/t15-,22-,28-/m0/s1. The fraction of sp³-hybridized carbons (Fsp3) is 0.357. The summed E-state index contributed by atoms with van der Waals surface area (Å²) in [5.74, 6) is -5.35. The molecule has 2 N–H and O–H groups in total. The number of rotatable bonds is 5. The smallest absolute Gasteiger partial charge is 0.270 e. The molecule has 8 nitrogen and oxygen atoms in total. The summed E-state index contributed by atoms with van der Waals surface area (Å²) < 4.78 is 42.2. The summed E-state index contributed by atoms with van der Waals surface area (Å²) in [6.45, 7) is 3.69. The van der Waals surface area contributed by atoms with Crippen LogP contribution in [0.25, 0.3) is 10.9 Å². The quantitative estimate of drug-likeness (QED) is 0.478. The SMILES string of the molecule is CC(C)C[C@@H](C(=O)N1C[C@]2(C[C@H]1C#N)C(=O)Nc1ccccc12)N(C)C(=O)c1cc2c(F)cc(F)c(F)c2[nH]1. The molecule has 202 valence electrons. The molecule has 1 spiro atoms. The van der Waals surface area contributed by atoms with Crippen molar-refractivity contribution >= 4 is 34.3 Å². The van der Waals surface area contributed by atoms with Gasteiger partial charge in [-0.05, 0) is 30.0 Å². The highest BCUT2D eigenvalue weighted by Crippen LogP contribution is 2.46. The number of nitriles is 1. The lowest BCUT2D eigenvalue weighted by Crippen LogP contribution is -2.52. The van der Waals surface area contributed by atoms with Crippen LogP contribution < -0.4 is 5.32 Å². The number of carbonyl (C=O) groups is 3. The number of H-pyrrole nitrogens is 1. The molecule has 3 aromatic rings. The van der Waals surface area contributed by atoms with Gasteiger partial charge >= 0.3 is 0 Å². The van der Waals surface area contributed by atoms with Gasteiger partial charge in [0.1, 0.15) is 23.6 Å². The van der Waals surface area contributed by atoms with Crippen molar-refractivity contribution < 1.29 is 27.6 Å². The van der Waals surface area contributed by atoms with Gasteiger partial charge in [0, 0.05) is 37.2 Å². The molecule has 2 aliphatic heterocycles. The van der Waals surface area contributed by atoms with Crippen molar-refractivity contribution in [3.05, 3.63) is 65.1 Å². The summed E-state index contributed by atoms with van der Waals surface area (Å²) in [6.07, 6.45) is 0.333. The minimum atomic E-state index is -1.40. The van der Waals surface area contributed by atoms with Crippen LogP contribution in [-0.4, -0.2) is 58.2 Å². The lowest BCUT2D eigenvalue weighted by atomic mass is 9.80. The predicted molar refractivity (Wildman–Crippen MR) is 136 cm³/mol. The monoisotopic (exact) mass is 537 g/mol. The molecule has 0 aliphatic carbocycles. The number of anilines is 1. The molecule has 0 unspecified atom stereocenters. The number of nitrogens with zero attached hydrogens (tertiary/aromatic N) is 3. The summed E-state index contributed by atoms with van der Waals surface area (Å²) in [4.78, 5) is 45.5. The number of aromatic nitrogens is 1. The first-order valence-electron chi connectivity index (χ1n) is 12.5. The van der Waals surface area contributed by atoms with Crippen LogP contribution in [0.1, 0.15) is 42.7 Å². The predicted octanol–water partition coefficient (Wildman–Crippen LogP) is 4.09. The number of carbonyl (C=O) groups excluding carboxylic acids is 3. The van der Waals surface area contributed by atoms with E-state index in [4.69, 9.17) is 0 Å². The number of nitrogens with one attached hydrogen (secondary N) is 2. The fourth-order valence-corrected chi connectivity index (χ4v) is 5.68. The molecule has 1 fully saturated rings. The van der Waals surface area contributed by atoms with E-state index in [1.807, 2.05) is 13.8 Å². The van der Waals surface area contributed by atoms with E-state index in [1.54, 1.807) is 24.3 Å². The molecule has 3 heterocycles. The summed E-state index contributed by atoms with van der Waals surface area (Å²) in [5, 5.41) is 12.5. The molecule has 5 rings (SSSR count). The molecule has 11 heteroatoms. The molecular weight excluding hydrogens is 511 g/mol.